The predicted octanol–water partition coefficient (Wildman–Crippen LogP) is 4.83. The third-order valence-electron chi connectivity index (χ3n) is 7.99. The number of benzene rings is 2. The summed E-state index contributed by atoms with van der Waals surface area (Å²) in [7, 11) is 1.72. The van der Waals surface area contributed by atoms with Gasteiger partial charge in [0.25, 0.3) is 0 Å². The van der Waals surface area contributed by atoms with Gasteiger partial charge in [0.1, 0.15) is 18.1 Å². The molecule has 35 heavy (non-hydrogen) atoms. The van der Waals surface area contributed by atoms with Crippen LogP contribution >= 0.6 is 0 Å². The van der Waals surface area contributed by atoms with Gasteiger partial charge >= 0.3 is 5.95 Å². The van der Waals surface area contributed by atoms with E-state index in [0.29, 0.717) is 5.95 Å². The van der Waals surface area contributed by atoms with Crippen LogP contribution in [0.3, 0.4) is 0 Å². The standard InChI is InChI=1S/C29H35NO5/c1-32-25-13-6-5-12-24(25)29(14-8-15-29)27(19-31)30-16-7-11-23(18-30)26(35-28-20-33-21-34-28)17-22-9-3-2-4-10-22/h2-6,9-10,12-13,19-20,23,26-27H,7-8,11,14-18,21H2,1H3. The van der Waals surface area contributed by atoms with E-state index in [9.17, 15) is 4.79 Å². The van der Waals surface area contributed by atoms with Crippen LogP contribution in [0.1, 0.15) is 43.2 Å². The van der Waals surface area contributed by atoms with Crippen LogP contribution in [0.2, 0.25) is 0 Å². The van der Waals surface area contributed by atoms with Crippen molar-refractivity contribution in [3.8, 4) is 5.75 Å². The van der Waals surface area contributed by atoms with Gasteiger partial charge < -0.3 is 23.7 Å². The van der Waals surface area contributed by atoms with Crippen LogP contribution < -0.4 is 4.74 Å². The summed E-state index contributed by atoms with van der Waals surface area (Å²) in [5, 5.41) is 0. The van der Waals surface area contributed by atoms with Crippen LogP contribution in [0.15, 0.2) is 66.8 Å². The van der Waals surface area contributed by atoms with Gasteiger partial charge in [-0.25, -0.2) is 0 Å². The van der Waals surface area contributed by atoms with Crippen LogP contribution in [0, 0.1) is 5.92 Å². The van der Waals surface area contributed by atoms with Crippen molar-refractivity contribution in [1.29, 1.82) is 0 Å². The minimum atomic E-state index is -0.197. The van der Waals surface area contributed by atoms with Crippen molar-refractivity contribution >= 4 is 6.29 Å². The van der Waals surface area contributed by atoms with Gasteiger partial charge in [0.2, 0.25) is 6.79 Å². The largest absolute Gasteiger partial charge is 0.496 e. The lowest BCUT2D eigenvalue weighted by Gasteiger charge is -2.52. The van der Waals surface area contributed by atoms with Gasteiger partial charge in [0.15, 0.2) is 6.26 Å². The predicted molar refractivity (Wildman–Crippen MR) is 133 cm³/mol. The summed E-state index contributed by atoms with van der Waals surface area (Å²) in [6.45, 7) is 1.92. The zero-order valence-electron chi connectivity index (χ0n) is 20.4. The molecule has 0 aromatic heterocycles. The maximum Gasteiger partial charge on any atom is 0.318 e. The van der Waals surface area contributed by atoms with Gasteiger partial charge in [-0.2, -0.15) is 0 Å². The van der Waals surface area contributed by atoms with Gasteiger partial charge in [-0.05, 0) is 43.9 Å². The molecule has 186 valence electrons. The molecule has 0 N–H and O–H groups in total. The average Bonchev–Trinajstić information content (AvgIpc) is 3.40. The summed E-state index contributed by atoms with van der Waals surface area (Å²) in [6, 6.07) is 18.4. The molecule has 5 rings (SSSR count). The minimum Gasteiger partial charge on any atom is -0.496 e. The molecule has 1 saturated carbocycles. The highest BCUT2D eigenvalue weighted by atomic mass is 16.8. The maximum atomic E-state index is 12.7. The van der Waals surface area contributed by atoms with Crippen molar-refractivity contribution in [2.45, 2.75) is 56.1 Å². The van der Waals surface area contributed by atoms with E-state index in [-0.39, 0.29) is 30.3 Å². The number of methoxy groups -OCH3 is 1. The number of rotatable bonds is 10. The second kappa shape index (κ2) is 10.7. The van der Waals surface area contributed by atoms with E-state index in [1.165, 1.54) is 11.8 Å². The zero-order valence-corrected chi connectivity index (χ0v) is 20.4. The van der Waals surface area contributed by atoms with Crippen LogP contribution in [0.4, 0.5) is 0 Å². The third-order valence-corrected chi connectivity index (χ3v) is 7.99. The van der Waals surface area contributed by atoms with Crippen molar-refractivity contribution < 1.29 is 23.7 Å². The van der Waals surface area contributed by atoms with E-state index in [1.807, 2.05) is 18.2 Å². The molecule has 0 bridgehead atoms. The SMILES string of the molecule is COc1ccccc1C1(C(C=O)N2CCCC(C(Cc3ccccc3)OC3=COCO3)C2)CCC1. The van der Waals surface area contributed by atoms with E-state index < -0.39 is 0 Å². The van der Waals surface area contributed by atoms with Crippen LogP contribution in [0.25, 0.3) is 0 Å². The Morgan fingerprint density at radius 1 is 1.11 bits per heavy atom. The first-order valence-corrected chi connectivity index (χ1v) is 12.7. The van der Waals surface area contributed by atoms with Crippen molar-refractivity contribution in [1.82, 2.24) is 4.90 Å². The molecular weight excluding hydrogens is 442 g/mol. The molecule has 2 aliphatic heterocycles. The van der Waals surface area contributed by atoms with E-state index in [4.69, 9.17) is 18.9 Å². The molecule has 2 aromatic rings. The monoisotopic (exact) mass is 477 g/mol. The van der Waals surface area contributed by atoms with Crippen molar-refractivity contribution in [2.24, 2.45) is 5.92 Å². The van der Waals surface area contributed by atoms with E-state index >= 15 is 0 Å². The molecule has 2 heterocycles. The number of hydrogen-bond acceptors (Lipinski definition) is 6. The van der Waals surface area contributed by atoms with Crippen LogP contribution in [-0.4, -0.2) is 50.3 Å². The first-order chi connectivity index (χ1) is 17.2. The first-order valence-electron chi connectivity index (χ1n) is 12.7. The summed E-state index contributed by atoms with van der Waals surface area (Å²) in [5.74, 6) is 1.59. The highest BCUT2D eigenvalue weighted by Gasteiger charge is 2.50. The lowest BCUT2D eigenvalue weighted by molar-refractivity contribution is -0.119. The number of hydrogen-bond donors (Lipinski definition) is 0. The Balaban J connectivity index is 1.38. The molecule has 0 amide bonds. The molecule has 1 saturated heterocycles. The Morgan fingerprint density at radius 3 is 2.60 bits per heavy atom. The number of aldehydes is 1. The second-order valence-corrected chi connectivity index (χ2v) is 9.90. The van der Waals surface area contributed by atoms with E-state index in [0.717, 1.165) is 62.9 Å². The summed E-state index contributed by atoms with van der Waals surface area (Å²) >= 11 is 0. The van der Waals surface area contributed by atoms with Gasteiger partial charge in [0.05, 0.1) is 13.2 Å². The number of nitrogens with zero attached hydrogens (tertiary/aromatic N) is 1. The molecule has 6 nitrogen and oxygen atoms in total. The second-order valence-electron chi connectivity index (χ2n) is 9.90. The number of ether oxygens (including phenoxy) is 4. The van der Waals surface area contributed by atoms with Crippen molar-refractivity contribution in [3.63, 3.8) is 0 Å². The zero-order chi connectivity index (χ0) is 24.1. The fraction of sp³-hybridized carbons (Fsp3) is 0.483. The summed E-state index contributed by atoms with van der Waals surface area (Å²) in [6.07, 6.45) is 8.66. The Hall–Kier alpha value is -2.99. The Morgan fingerprint density at radius 2 is 1.91 bits per heavy atom. The average molecular weight is 478 g/mol. The smallest absolute Gasteiger partial charge is 0.318 e. The molecule has 2 fully saturated rings. The van der Waals surface area contributed by atoms with E-state index in [2.05, 4.69) is 41.3 Å². The molecule has 3 atom stereocenters. The van der Waals surface area contributed by atoms with Gasteiger partial charge in [-0.3, -0.25) is 4.90 Å². The normalized spacial score (nSPS) is 23.1. The minimum absolute atomic E-state index is 0.0657. The fourth-order valence-corrected chi connectivity index (χ4v) is 6.09. The molecule has 6 heteroatoms. The highest BCUT2D eigenvalue weighted by molar-refractivity contribution is 5.64. The summed E-state index contributed by atoms with van der Waals surface area (Å²) < 4.78 is 22.8. The number of carbonyl (C=O) groups is 1. The van der Waals surface area contributed by atoms with Gasteiger partial charge in [0, 0.05) is 29.9 Å². The Labute approximate surface area is 207 Å². The maximum absolute atomic E-state index is 12.7. The number of piperidine rings is 1. The van der Waals surface area contributed by atoms with Gasteiger partial charge in [-0.15, -0.1) is 0 Å². The molecular formula is C29H35NO5. The summed E-state index contributed by atoms with van der Waals surface area (Å²) in [5.41, 5.74) is 2.19. The summed E-state index contributed by atoms with van der Waals surface area (Å²) in [4.78, 5) is 15.1. The van der Waals surface area contributed by atoms with Crippen LogP contribution in [0.5, 0.6) is 5.75 Å². The van der Waals surface area contributed by atoms with Crippen LogP contribution in [-0.2, 0) is 30.8 Å². The Bertz CT molecular complexity index is 1020. The number of carbonyl (C=O) groups excluding carboxylic acids is 1. The molecule has 1 aliphatic carbocycles. The topological polar surface area (TPSA) is 57.2 Å². The third kappa shape index (κ3) is 4.90. The van der Waals surface area contributed by atoms with Crippen molar-refractivity contribution in [3.05, 3.63) is 77.9 Å². The van der Waals surface area contributed by atoms with E-state index in [1.54, 1.807) is 13.4 Å². The number of para-hydroxylation sites is 1. The molecule has 0 spiro atoms. The fourth-order valence-electron chi connectivity index (χ4n) is 6.09. The quantitative estimate of drug-likeness (QED) is 0.457. The number of likely N-dealkylation sites (tertiary alicyclic amines) is 1. The molecule has 3 unspecified atom stereocenters. The van der Waals surface area contributed by atoms with Gasteiger partial charge in [-0.1, -0.05) is 55.0 Å². The molecule has 3 aliphatic rings. The first kappa shape index (κ1) is 23.7. The lowest BCUT2D eigenvalue weighted by Crippen LogP contribution is -2.58. The Kier molecular flexibility index (Phi) is 7.28. The molecule has 2 aromatic carbocycles. The lowest BCUT2D eigenvalue weighted by atomic mass is 9.59. The highest BCUT2D eigenvalue weighted by Crippen LogP contribution is 2.51. The molecule has 0 radical (unpaired) electrons. The van der Waals surface area contributed by atoms with Crippen molar-refractivity contribution in [2.75, 3.05) is 27.0 Å².